The zero-order valence-electron chi connectivity index (χ0n) is 12.4. The van der Waals surface area contributed by atoms with Gasteiger partial charge >= 0.3 is 0 Å². The van der Waals surface area contributed by atoms with Gasteiger partial charge in [-0.15, -0.1) is 11.3 Å². The summed E-state index contributed by atoms with van der Waals surface area (Å²) < 4.78 is 7.85. The highest BCUT2D eigenvalue weighted by atomic mass is 79.9. The maximum Gasteiger partial charge on any atom is 0.124 e. The molecule has 0 aliphatic heterocycles. The lowest BCUT2D eigenvalue weighted by Crippen LogP contribution is -2.23. The zero-order valence-corrected chi connectivity index (χ0v) is 16.4. The molecule has 0 aliphatic carbocycles. The fourth-order valence-corrected chi connectivity index (χ4v) is 4.27. The summed E-state index contributed by atoms with van der Waals surface area (Å²) in [6.07, 6.45) is 1.09. The first-order valence-electron chi connectivity index (χ1n) is 6.88. The van der Waals surface area contributed by atoms with Crippen LogP contribution in [-0.2, 0) is 0 Å². The van der Waals surface area contributed by atoms with Crippen LogP contribution >= 0.6 is 43.2 Å². The number of methoxy groups -OCH3 is 1. The van der Waals surface area contributed by atoms with Crippen LogP contribution in [0.2, 0.25) is 0 Å². The van der Waals surface area contributed by atoms with E-state index in [0.29, 0.717) is 0 Å². The van der Waals surface area contributed by atoms with Gasteiger partial charge in [-0.2, -0.15) is 0 Å². The molecular formula is C16H19Br2NOS. The molecular weight excluding hydrogens is 414 g/mol. The van der Waals surface area contributed by atoms with Crippen molar-refractivity contribution >= 4 is 43.2 Å². The van der Waals surface area contributed by atoms with Gasteiger partial charge < -0.3 is 10.1 Å². The number of ether oxygens (including phenoxy) is 1. The molecule has 114 valence electrons. The number of thiophene rings is 1. The molecule has 1 N–H and O–H groups in total. The molecule has 0 saturated carbocycles. The topological polar surface area (TPSA) is 21.3 Å². The van der Waals surface area contributed by atoms with Crippen LogP contribution in [0.1, 0.15) is 35.4 Å². The Hall–Kier alpha value is -0.360. The second kappa shape index (κ2) is 7.77. The Balaban J connectivity index is 2.51. The Kier molecular flexibility index (Phi) is 6.29. The summed E-state index contributed by atoms with van der Waals surface area (Å²) in [5.74, 6) is 0.921. The fourth-order valence-electron chi connectivity index (χ4n) is 2.22. The monoisotopic (exact) mass is 431 g/mol. The first-order chi connectivity index (χ1) is 10.1. The number of halogens is 2. The van der Waals surface area contributed by atoms with Crippen molar-refractivity contribution in [1.29, 1.82) is 0 Å². The predicted octanol–water partition coefficient (Wildman–Crippen LogP) is 5.68. The number of nitrogens with one attached hydrogen (secondary N) is 1. The van der Waals surface area contributed by atoms with Crippen LogP contribution < -0.4 is 10.1 Å². The quantitative estimate of drug-likeness (QED) is 0.633. The summed E-state index contributed by atoms with van der Waals surface area (Å²) in [5, 5.41) is 5.74. The predicted molar refractivity (Wildman–Crippen MR) is 97.6 cm³/mol. The van der Waals surface area contributed by atoms with Crippen molar-refractivity contribution in [1.82, 2.24) is 5.32 Å². The van der Waals surface area contributed by atoms with Gasteiger partial charge in [0.05, 0.1) is 13.2 Å². The second-order valence-electron chi connectivity index (χ2n) is 4.86. The second-order valence-corrected chi connectivity index (χ2v) is 7.52. The fraction of sp³-hybridized carbons (Fsp3) is 0.375. The van der Waals surface area contributed by atoms with Gasteiger partial charge in [-0.3, -0.25) is 0 Å². The molecule has 1 heterocycles. The maximum absolute atomic E-state index is 5.61. The minimum Gasteiger partial charge on any atom is -0.496 e. The molecule has 1 aromatic heterocycles. The van der Waals surface area contributed by atoms with Crippen molar-refractivity contribution in [2.45, 2.75) is 26.3 Å². The summed E-state index contributed by atoms with van der Waals surface area (Å²) in [6, 6.07) is 6.47. The van der Waals surface area contributed by atoms with E-state index < -0.39 is 0 Å². The molecule has 0 radical (unpaired) electrons. The molecule has 0 fully saturated rings. The molecule has 0 amide bonds. The standard InChI is InChI=1S/C16H19Br2NOS/c1-4-6-19-15(16-12(17)5-7-21-16)11-9-13(18)10(2)8-14(11)20-3/h5,7-9,15,19H,4,6H2,1-3H3. The Morgan fingerprint density at radius 1 is 1.29 bits per heavy atom. The van der Waals surface area contributed by atoms with E-state index in [2.05, 4.69) is 74.6 Å². The lowest BCUT2D eigenvalue weighted by atomic mass is 10.0. The molecule has 1 unspecified atom stereocenters. The molecule has 1 aromatic carbocycles. The van der Waals surface area contributed by atoms with Crippen LogP contribution in [-0.4, -0.2) is 13.7 Å². The van der Waals surface area contributed by atoms with Gasteiger partial charge in [-0.25, -0.2) is 0 Å². The lowest BCUT2D eigenvalue weighted by molar-refractivity contribution is 0.403. The number of benzene rings is 1. The summed E-state index contributed by atoms with van der Waals surface area (Å²) in [6.45, 7) is 5.21. The molecule has 2 nitrogen and oxygen atoms in total. The van der Waals surface area contributed by atoms with Crippen LogP contribution in [0.25, 0.3) is 0 Å². The Morgan fingerprint density at radius 3 is 2.62 bits per heavy atom. The van der Waals surface area contributed by atoms with E-state index in [-0.39, 0.29) is 6.04 Å². The first kappa shape index (κ1) is 17.0. The van der Waals surface area contributed by atoms with Crippen molar-refractivity contribution < 1.29 is 4.74 Å². The van der Waals surface area contributed by atoms with Crippen molar-refractivity contribution in [3.05, 3.63) is 48.5 Å². The van der Waals surface area contributed by atoms with Crippen LogP contribution in [0.5, 0.6) is 5.75 Å². The van der Waals surface area contributed by atoms with Crippen LogP contribution in [0.15, 0.2) is 32.5 Å². The third-order valence-electron chi connectivity index (χ3n) is 3.33. The number of aryl methyl sites for hydroxylation is 1. The molecule has 0 saturated heterocycles. The van der Waals surface area contributed by atoms with E-state index in [4.69, 9.17) is 4.74 Å². The van der Waals surface area contributed by atoms with E-state index in [0.717, 1.165) is 33.2 Å². The van der Waals surface area contributed by atoms with Gasteiger partial charge in [0.15, 0.2) is 0 Å². The van der Waals surface area contributed by atoms with E-state index >= 15 is 0 Å². The van der Waals surface area contributed by atoms with Gasteiger partial charge in [0.1, 0.15) is 5.75 Å². The molecule has 2 rings (SSSR count). The number of rotatable bonds is 6. The minimum absolute atomic E-state index is 0.131. The molecule has 0 bridgehead atoms. The molecule has 1 atom stereocenters. The van der Waals surface area contributed by atoms with Crippen molar-refractivity contribution in [3.8, 4) is 5.75 Å². The van der Waals surface area contributed by atoms with Crippen molar-refractivity contribution in [2.24, 2.45) is 0 Å². The lowest BCUT2D eigenvalue weighted by Gasteiger charge is -2.22. The molecule has 21 heavy (non-hydrogen) atoms. The minimum atomic E-state index is 0.131. The smallest absolute Gasteiger partial charge is 0.124 e. The average molecular weight is 433 g/mol. The Bertz CT molecular complexity index is 612. The number of hydrogen-bond donors (Lipinski definition) is 1. The van der Waals surface area contributed by atoms with Crippen LogP contribution in [0, 0.1) is 6.92 Å². The zero-order chi connectivity index (χ0) is 15.4. The third kappa shape index (κ3) is 3.89. The summed E-state index contributed by atoms with van der Waals surface area (Å²) in [4.78, 5) is 1.28. The van der Waals surface area contributed by atoms with Gasteiger partial charge in [0.2, 0.25) is 0 Å². The summed E-state index contributed by atoms with van der Waals surface area (Å²) in [7, 11) is 1.73. The average Bonchev–Trinajstić information content (AvgIpc) is 2.89. The highest BCUT2D eigenvalue weighted by Crippen LogP contribution is 2.39. The largest absolute Gasteiger partial charge is 0.496 e. The van der Waals surface area contributed by atoms with Crippen LogP contribution in [0.3, 0.4) is 0 Å². The Morgan fingerprint density at radius 2 is 2.05 bits per heavy atom. The highest BCUT2D eigenvalue weighted by molar-refractivity contribution is 9.10. The van der Waals surface area contributed by atoms with Gasteiger partial charge in [-0.05, 0) is 65.0 Å². The van der Waals surface area contributed by atoms with E-state index in [9.17, 15) is 0 Å². The third-order valence-corrected chi connectivity index (χ3v) is 6.12. The molecule has 5 heteroatoms. The first-order valence-corrected chi connectivity index (χ1v) is 9.35. The SMILES string of the molecule is CCCNC(c1cc(Br)c(C)cc1OC)c1sccc1Br. The van der Waals surface area contributed by atoms with Gasteiger partial charge in [-0.1, -0.05) is 22.9 Å². The maximum atomic E-state index is 5.61. The highest BCUT2D eigenvalue weighted by Gasteiger charge is 2.22. The normalized spacial score (nSPS) is 12.4. The summed E-state index contributed by atoms with van der Waals surface area (Å²) in [5.41, 5.74) is 2.33. The van der Waals surface area contributed by atoms with E-state index in [1.165, 1.54) is 10.4 Å². The van der Waals surface area contributed by atoms with Gasteiger partial charge in [0.25, 0.3) is 0 Å². The molecule has 0 aliphatic rings. The van der Waals surface area contributed by atoms with E-state index in [1.54, 1.807) is 18.4 Å². The van der Waals surface area contributed by atoms with Crippen molar-refractivity contribution in [3.63, 3.8) is 0 Å². The summed E-state index contributed by atoms with van der Waals surface area (Å²) >= 11 is 9.04. The number of hydrogen-bond acceptors (Lipinski definition) is 3. The van der Waals surface area contributed by atoms with Gasteiger partial charge in [0, 0.05) is 19.4 Å². The molecule has 0 spiro atoms. The Labute approximate surface area is 147 Å². The van der Waals surface area contributed by atoms with Crippen LogP contribution in [0.4, 0.5) is 0 Å². The van der Waals surface area contributed by atoms with Crippen molar-refractivity contribution in [2.75, 3.05) is 13.7 Å². The molecule has 2 aromatic rings. The van der Waals surface area contributed by atoms with E-state index in [1.807, 2.05) is 0 Å².